The number of halogens is 2. The molecule has 1 aromatic rings. The van der Waals surface area contributed by atoms with Crippen LogP contribution in [0.1, 0.15) is 31.4 Å². The molecule has 1 heterocycles. The van der Waals surface area contributed by atoms with Crippen molar-refractivity contribution in [3.63, 3.8) is 0 Å². The van der Waals surface area contributed by atoms with Gasteiger partial charge in [0.15, 0.2) is 0 Å². The van der Waals surface area contributed by atoms with Gasteiger partial charge in [0.2, 0.25) is 0 Å². The average Bonchev–Trinajstić information content (AvgIpc) is 2.64. The Hall–Kier alpha value is -0.320. The van der Waals surface area contributed by atoms with Crippen molar-refractivity contribution in [3.05, 3.63) is 33.8 Å². The van der Waals surface area contributed by atoms with Gasteiger partial charge >= 0.3 is 0 Å². The summed E-state index contributed by atoms with van der Waals surface area (Å²) in [6, 6.07) is 6.25. The average molecular weight is 330 g/mol. The number of hydrogen-bond donors (Lipinski definition) is 1. The van der Waals surface area contributed by atoms with Gasteiger partial charge in [-0.15, -0.1) is 0 Å². The number of benzene rings is 1. The fourth-order valence-electron chi connectivity index (χ4n) is 3.28. The molecule has 1 fully saturated rings. The molecule has 2 atom stereocenters. The van der Waals surface area contributed by atoms with Crippen molar-refractivity contribution in [3.8, 4) is 0 Å². The van der Waals surface area contributed by atoms with Gasteiger partial charge in [0.05, 0.1) is 6.04 Å². The van der Waals surface area contributed by atoms with E-state index < -0.39 is 0 Å². The molecule has 2 unspecified atom stereocenters. The first-order valence-electron chi connectivity index (χ1n) is 7.66. The zero-order valence-electron chi connectivity index (χ0n) is 12.9. The highest BCUT2D eigenvalue weighted by Crippen LogP contribution is 2.35. The van der Waals surface area contributed by atoms with Crippen LogP contribution in [0, 0.1) is 0 Å². The Morgan fingerprint density at radius 3 is 2.52 bits per heavy atom. The summed E-state index contributed by atoms with van der Waals surface area (Å²) in [7, 11) is 2.19. The van der Waals surface area contributed by atoms with Crippen molar-refractivity contribution >= 4 is 23.2 Å². The maximum Gasteiger partial charge on any atom is 0.0503 e. The van der Waals surface area contributed by atoms with Crippen LogP contribution in [0.15, 0.2) is 18.2 Å². The lowest BCUT2D eigenvalue weighted by Crippen LogP contribution is -2.44. The lowest BCUT2D eigenvalue weighted by molar-refractivity contribution is 0.131. The highest BCUT2D eigenvalue weighted by molar-refractivity contribution is 6.36. The van der Waals surface area contributed by atoms with Crippen molar-refractivity contribution in [1.82, 2.24) is 9.80 Å². The molecule has 5 heteroatoms. The predicted octanol–water partition coefficient (Wildman–Crippen LogP) is 3.41. The Bertz CT molecular complexity index is 447. The zero-order chi connectivity index (χ0) is 15.4. The van der Waals surface area contributed by atoms with E-state index >= 15 is 0 Å². The van der Waals surface area contributed by atoms with E-state index in [0.29, 0.717) is 22.6 Å². The van der Waals surface area contributed by atoms with E-state index in [1.165, 1.54) is 0 Å². The van der Waals surface area contributed by atoms with Crippen molar-refractivity contribution in [1.29, 1.82) is 0 Å². The highest BCUT2D eigenvalue weighted by Gasteiger charge is 2.30. The van der Waals surface area contributed by atoms with E-state index in [-0.39, 0.29) is 6.04 Å². The maximum absolute atomic E-state index is 6.41. The normalized spacial score (nSPS) is 23.0. The number of hydrogen-bond acceptors (Lipinski definition) is 3. The van der Waals surface area contributed by atoms with Gasteiger partial charge in [0.1, 0.15) is 0 Å². The summed E-state index contributed by atoms with van der Waals surface area (Å²) in [4.78, 5) is 4.90. The molecule has 118 valence electrons. The molecule has 0 radical (unpaired) electrons. The van der Waals surface area contributed by atoms with Gasteiger partial charge in [-0.05, 0) is 38.6 Å². The summed E-state index contributed by atoms with van der Waals surface area (Å²) >= 11 is 12.8. The van der Waals surface area contributed by atoms with Crippen LogP contribution in [0.5, 0.6) is 0 Å². The van der Waals surface area contributed by atoms with Crippen LogP contribution < -0.4 is 5.73 Å². The third-order valence-corrected chi connectivity index (χ3v) is 5.03. The number of nitrogens with zero attached hydrogens (tertiary/aromatic N) is 2. The first-order chi connectivity index (χ1) is 10.1. The number of rotatable bonds is 4. The van der Waals surface area contributed by atoms with Crippen LogP contribution >= 0.6 is 23.2 Å². The minimum absolute atomic E-state index is 0.0858. The van der Waals surface area contributed by atoms with E-state index in [0.717, 1.165) is 38.0 Å². The maximum atomic E-state index is 6.41. The SMILES string of the molecule is CCC1CN(C)CCCN1C(CN)c1c(Cl)cccc1Cl. The summed E-state index contributed by atoms with van der Waals surface area (Å²) in [5.41, 5.74) is 7.08. The van der Waals surface area contributed by atoms with Crippen LogP contribution in [0.2, 0.25) is 10.0 Å². The molecule has 0 aromatic heterocycles. The summed E-state index contributed by atoms with van der Waals surface area (Å²) in [5, 5.41) is 1.43. The van der Waals surface area contributed by atoms with Crippen molar-refractivity contribution in [2.24, 2.45) is 5.73 Å². The highest BCUT2D eigenvalue weighted by atomic mass is 35.5. The predicted molar refractivity (Wildman–Crippen MR) is 91.2 cm³/mol. The quantitative estimate of drug-likeness (QED) is 0.918. The molecule has 0 bridgehead atoms. The van der Waals surface area contributed by atoms with Crippen LogP contribution in [-0.2, 0) is 0 Å². The lowest BCUT2D eigenvalue weighted by atomic mass is 10.0. The molecule has 0 aliphatic carbocycles. The van der Waals surface area contributed by atoms with Gasteiger partial charge in [-0.2, -0.15) is 0 Å². The van der Waals surface area contributed by atoms with E-state index in [1.54, 1.807) is 0 Å². The second-order valence-electron chi connectivity index (χ2n) is 5.80. The molecule has 0 amide bonds. The molecule has 0 spiro atoms. The van der Waals surface area contributed by atoms with Crippen LogP contribution in [0.3, 0.4) is 0 Å². The summed E-state index contributed by atoms with van der Waals surface area (Å²) < 4.78 is 0. The molecular weight excluding hydrogens is 305 g/mol. The van der Waals surface area contributed by atoms with Gasteiger partial charge < -0.3 is 10.6 Å². The molecule has 2 rings (SSSR count). The van der Waals surface area contributed by atoms with Gasteiger partial charge in [-0.1, -0.05) is 36.2 Å². The summed E-state index contributed by atoms with van der Waals surface area (Å²) in [6.45, 7) is 5.99. The third kappa shape index (κ3) is 3.91. The van der Waals surface area contributed by atoms with E-state index in [4.69, 9.17) is 28.9 Å². The largest absolute Gasteiger partial charge is 0.329 e. The van der Waals surface area contributed by atoms with Crippen molar-refractivity contribution in [2.75, 3.05) is 33.2 Å². The molecule has 3 nitrogen and oxygen atoms in total. The Balaban J connectivity index is 2.34. The molecule has 1 saturated heterocycles. The molecule has 0 saturated carbocycles. The molecule has 21 heavy (non-hydrogen) atoms. The smallest absolute Gasteiger partial charge is 0.0503 e. The standard InChI is InChI=1S/C16H25Cl2N3/c1-3-12-11-20(2)8-5-9-21(12)15(10-19)16-13(17)6-4-7-14(16)18/h4,6-7,12,15H,3,5,8-11,19H2,1-2H3. The number of likely N-dealkylation sites (N-methyl/N-ethyl adjacent to an activating group) is 1. The molecule has 1 aliphatic heterocycles. The first-order valence-corrected chi connectivity index (χ1v) is 8.42. The molecule has 2 N–H and O–H groups in total. The third-order valence-electron chi connectivity index (χ3n) is 4.38. The summed E-state index contributed by atoms with van der Waals surface area (Å²) in [6.07, 6.45) is 2.24. The fraction of sp³-hybridized carbons (Fsp3) is 0.625. The Kier molecular flexibility index (Phi) is 6.33. The van der Waals surface area contributed by atoms with Gasteiger partial charge in [-0.3, -0.25) is 4.90 Å². The number of nitrogens with two attached hydrogens (primary N) is 1. The van der Waals surface area contributed by atoms with E-state index in [9.17, 15) is 0 Å². The molecular formula is C16H25Cl2N3. The monoisotopic (exact) mass is 329 g/mol. The zero-order valence-corrected chi connectivity index (χ0v) is 14.4. The molecule has 1 aromatic carbocycles. The first kappa shape index (κ1) is 17.0. The second-order valence-corrected chi connectivity index (χ2v) is 6.62. The van der Waals surface area contributed by atoms with Crippen LogP contribution in [0.4, 0.5) is 0 Å². The van der Waals surface area contributed by atoms with Crippen LogP contribution in [0.25, 0.3) is 0 Å². The van der Waals surface area contributed by atoms with Gasteiger partial charge in [0.25, 0.3) is 0 Å². The Morgan fingerprint density at radius 1 is 1.29 bits per heavy atom. The van der Waals surface area contributed by atoms with Crippen LogP contribution in [-0.4, -0.2) is 49.1 Å². The lowest BCUT2D eigenvalue weighted by Gasteiger charge is -2.37. The van der Waals surface area contributed by atoms with Gasteiger partial charge in [-0.25, -0.2) is 0 Å². The van der Waals surface area contributed by atoms with E-state index in [2.05, 4.69) is 23.8 Å². The van der Waals surface area contributed by atoms with Gasteiger partial charge in [0, 0.05) is 41.3 Å². The minimum Gasteiger partial charge on any atom is -0.329 e. The molecule has 1 aliphatic rings. The van der Waals surface area contributed by atoms with Crippen molar-refractivity contribution < 1.29 is 0 Å². The van der Waals surface area contributed by atoms with Crippen molar-refractivity contribution in [2.45, 2.75) is 31.8 Å². The minimum atomic E-state index is 0.0858. The van der Waals surface area contributed by atoms with E-state index in [1.807, 2.05) is 18.2 Å². The Morgan fingerprint density at radius 2 is 1.95 bits per heavy atom. The Labute approximate surface area is 138 Å². The fourth-order valence-corrected chi connectivity index (χ4v) is 3.93. The second kappa shape index (κ2) is 7.80. The summed E-state index contributed by atoms with van der Waals surface area (Å²) in [5.74, 6) is 0. The topological polar surface area (TPSA) is 32.5 Å².